The maximum atomic E-state index is 13.4. The molecule has 0 N–H and O–H groups in total. The molecule has 0 aliphatic carbocycles. The maximum Gasteiger partial charge on any atom is 0.294 e. The van der Waals surface area contributed by atoms with Gasteiger partial charge in [-0.25, -0.2) is 0 Å². The van der Waals surface area contributed by atoms with Gasteiger partial charge >= 0.3 is 0 Å². The Morgan fingerprint density at radius 2 is 1.76 bits per heavy atom. The van der Waals surface area contributed by atoms with Gasteiger partial charge in [0.15, 0.2) is 17.3 Å². The van der Waals surface area contributed by atoms with E-state index in [2.05, 4.69) is 36.9 Å². The van der Waals surface area contributed by atoms with Crippen molar-refractivity contribution in [3.63, 3.8) is 0 Å². The molecule has 0 radical (unpaired) electrons. The van der Waals surface area contributed by atoms with Crippen LogP contribution in [0.25, 0.3) is 0 Å². The van der Waals surface area contributed by atoms with Gasteiger partial charge < -0.3 is 18.8 Å². The van der Waals surface area contributed by atoms with Crippen molar-refractivity contribution < 1.29 is 18.7 Å². The Morgan fingerprint density at radius 1 is 1.00 bits per heavy atom. The Labute approximate surface area is 195 Å². The van der Waals surface area contributed by atoms with Crippen molar-refractivity contribution in [3.05, 3.63) is 77.2 Å². The molecule has 2 heterocycles. The smallest absolute Gasteiger partial charge is 0.294 e. The number of piperidine rings is 1. The van der Waals surface area contributed by atoms with Gasteiger partial charge in [0.2, 0.25) is 0 Å². The van der Waals surface area contributed by atoms with Crippen LogP contribution in [-0.2, 0) is 6.54 Å². The summed E-state index contributed by atoms with van der Waals surface area (Å²) < 4.78 is 16.3. The van der Waals surface area contributed by atoms with E-state index in [9.17, 15) is 4.79 Å². The van der Waals surface area contributed by atoms with E-state index >= 15 is 0 Å². The molecular formula is C27H32N2O4. The second-order valence-corrected chi connectivity index (χ2v) is 8.62. The van der Waals surface area contributed by atoms with Crippen LogP contribution < -0.4 is 14.4 Å². The molecule has 1 aliphatic heterocycles. The summed E-state index contributed by atoms with van der Waals surface area (Å²) in [6, 6.07) is 15.8. The first kappa shape index (κ1) is 22.9. The zero-order chi connectivity index (χ0) is 23.4. The summed E-state index contributed by atoms with van der Waals surface area (Å²) in [5.41, 5.74) is 4.76. The number of likely N-dealkylation sites (tertiary alicyclic amines) is 1. The standard InChI is InChI=1S/C27H32N2O4/c1-19-7-8-21(16-20(19)2)18-28-13-11-22(12-14-28)29(27(30)25-6-5-15-33-25)23-9-10-24(31-3)26(17-23)32-4/h5-10,15-17,22H,11-14,18H2,1-4H3. The van der Waals surface area contributed by atoms with Gasteiger partial charge in [0.25, 0.3) is 5.91 Å². The number of anilines is 1. The summed E-state index contributed by atoms with van der Waals surface area (Å²) >= 11 is 0. The second kappa shape index (κ2) is 10.1. The molecule has 33 heavy (non-hydrogen) atoms. The quantitative estimate of drug-likeness (QED) is 0.496. The molecule has 0 unspecified atom stereocenters. The third-order valence-corrected chi connectivity index (χ3v) is 6.50. The van der Waals surface area contributed by atoms with Gasteiger partial charge in [-0.3, -0.25) is 9.69 Å². The normalized spacial score (nSPS) is 14.8. The van der Waals surface area contributed by atoms with Gasteiger partial charge in [0.1, 0.15) is 0 Å². The van der Waals surface area contributed by atoms with E-state index < -0.39 is 0 Å². The molecule has 1 fully saturated rings. The molecule has 1 amide bonds. The highest BCUT2D eigenvalue weighted by atomic mass is 16.5. The number of ether oxygens (including phenoxy) is 2. The Bertz CT molecular complexity index is 1090. The van der Waals surface area contributed by atoms with Crippen molar-refractivity contribution in [2.24, 2.45) is 0 Å². The van der Waals surface area contributed by atoms with Crippen molar-refractivity contribution in [1.82, 2.24) is 4.90 Å². The highest BCUT2D eigenvalue weighted by molar-refractivity contribution is 6.04. The lowest BCUT2D eigenvalue weighted by Crippen LogP contribution is -2.47. The second-order valence-electron chi connectivity index (χ2n) is 8.62. The lowest BCUT2D eigenvalue weighted by atomic mass is 10.00. The number of aryl methyl sites for hydroxylation is 2. The topological polar surface area (TPSA) is 55.2 Å². The predicted octanol–water partition coefficient (Wildman–Crippen LogP) is 5.23. The first-order chi connectivity index (χ1) is 16.0. The van der Waals surface area contributed by atoms with Crippen LogP contribution in [0, 0.1) is 13.8 Å². The van der Waals surface area contributed by atoms with E-state index in [1.165, 1.54) is 23.0 Å². The maximum absolute atomic E-state index is 13.4. The van der Waals surface area contributed by atoms with Gasteiger partial charge in [-0.05, 0) is 67.6 Å². The van der Waals surface area contributed by atoms with Crippen LogP contribution in [-0.4, -0.2) is 44.2 Å². The summed E-state index contributed by atoms with van der Waals surface area (Å²) in [6.45, 7) is 7.08. The summed E-state index contributed by atoms with van der Waals surface area (Å²) in [7, 11) is 3.21. The van der Waals surface area contributed by atoms with Crippen molar-refractivity contribution in [2.75, 3.05) is 32.2 Å². The SMILES string of the molecule is COc1ccc(N(C(=O)c2ccco2)C2CCN(Cc3ccc(C)c(C)c3)CC2)cc1OC. The fourth-order valence-corrected chi connectivity index (χ4v) is 4.48. The average molecular weight is 449 g/mol. The highest BCUT2D eigenvalue weighted by Crippen LogP contribution is 2.34. The van der Waals surface area contributed by atoms with Crippen LogP contribution in [0.3, 0.4) is 0 Å². The predicted molar refractivity (Wildman–Crippen MR) is 129 cm³/mol. The molecule has 6 heteroatoms. The van der Waals surface area contributed by atoms with E-state index in [0.717, 1.165) is 38.2 Å². The minimum absolute atomic E-state index is 0.0664. The molecule has 0 atom stereocenters. The minimum atomic E-state index is -0.139. The van der Waals surface area contributed by atoms with E-state index in [1.54, 1.807) is 26.4 Å². The fraction of sp³-hybridized carbons (Fsp3) is 0.370. The van der Waals surface area contributed by atoms with Gasteiger partial charge in [-0.1, -0.05) is 18.2 Å². The Hall–Kier alpha value is -3.25. The zero-order valence-electron chi connectivity index (χ0n) is 19.8. The van der Waals surface area contributed by atoms with Crippen molar-refractivity contribution in [3.8, 4) is 11.5 Å². The van der Waals surface area contributed by atoms with E-state index in [1.807, 2.05) is 23.1 Å². The van der Waals surface area contributed by atoms with E-state index in [0.29, 0.717) is 17.3 Å². The average Bonchev–Trinajstić information content (AvgIpc) is 3.38. The van der Waals surface area contributed by atoms with Gasteiger partial charge in [0, 0.05) is 37.4 Å². The molecule has 2 aromatic carbocycles. The number of benzene rings is 2. The van der Waals surface area contributed by atoms with E-state index in [-0.39, 0.29) is 11.9 Å². The summed E-state index contributed by atoms with van der Waals surface area (Å²) in [5.74, 6) is 1.43. The molecule has 1 saturated heterocycles. The molecular weight excluding hydrogens is 416 g/mol. The molecule has 0 bridgehead atoms. The van der Waals surface area contributed by atoms with Gasteiger partial charge in [-0.15, -0.1) is 0 Å². The molecule has 0 saturated carbocycles. The summed E-state index contributed by atoms with van der Waals surface area (Å²) in [4.78, 5) is 17.8. The van der Waals surface area contributed by atoms with Crippen molar-refractivity contribution in [2.45, 2.75) is 39.3 Å². The summed E-state index contributed by atoms with van der Waals surface area (Å²) in [5, 5.41) is 0. The highest BCUT2D eigenvalue weighted by Gasteiger charge is 2.31. The van der Waals surface area contributed by atoms with E-state index in [4.69, 9.17) is 13.9 Å². The lowest BCUT2D eigenvalue weighted by Gasteiger charge is -2.38. The Morgan fingerprint density at radius 3 is 2.39 bits per heavy atom. The van der Waals surface area contributed by atoms with Crippen LogP contribution in [0.15, 0.2) is 59.2 Å². The van der Waals surface area contributed by atoms with Crippen molar-refractivity contribution >= 4 is 11.6 Å². The number of methoxy groups -OCH3 is 2. The lowest BCUT2D eigenvalue weighted by molar-refractivity contribution is 0.0931. The monoisotopic (exact) mass is 448 g/mol. The third kappa shape index (κ3) is 5.06. The first-order valence-corrected chi connectivity index (χ1v) is 11.4. The minimum Gasteiger partial charge on any atom is -0.493 e. The number of carbonyl (C=O) groups is 1. The molecule has 0 spiro atoms. The molecule has 4 rings (SSSR count). The van der Waals surface area contributed by atoms with Crippen LogP contribution in [0.4, 0.5) is 5.69 Å². The Balaban J connectivity index is 1.53. The molecule has 6 nitrogen and oxygen atoms in total. The molecule has 1 aliphatic rings. The first-order valence-electron chi connectivity index (χ1n) is 11.4. The number of carbonyl (C=O) groups excluding carboxylic acids is 1. The number of furan rings is 1. The summed E-state index contributed by atoms with van der Waals surface area (Å²) in [6.07, 6.45) is 3.30. The third-order valence-electron chi connectivity index (χ3n) is 6.50. The molecule has 3 aromatic rings. The number of hydrogen-bond acceptors (Lipinski definition) is 5. The number of rotatable bonds is 7. The zero-order valence-corrected chi connectivity index (χ0v) is 19.8. The van der Waals surface area contributed by atoms with Crippen molar-refractivity contribution in [1.29, 1.82) is 0 Å². The largest absolute Gasteiger partial charge is 0.493 e. The molecule has 174 valence electrons. The van der Waals surface area contributed by atoms with Crippen LogP contribution in [0.1, 0.15) is 40.1 Å². The Kier molecular flexibility index (Phi) is 7.04. The van der Waals surface area contributed by atoms with Crippen LogP contribution >= 0.6 is 0 Å². The number of hydrogen-bond donors (Lipinski definition) is 0. The fourth-order valence-electron chi connectivity index (χ4n) is 4.48. The van der Waals surface area contributed by atoms with Gasteiger partial charge in [-0.2, -0.15) is 0 Å². The van der Waals surface area contributed by atoms with Crippen LogP contribution in [0.2, 0.25) is 0 Å². The number of nitrogens with zero attached hydrogens (tertiary/aromatic N) is 2. The van der Waals surface area contributed by atoms with Gasteiger partial charge in [0.05, 0.1) is 20.5 Å². The molecule has 1 aromatic heterocycles. The van der Waals surface area contributed by atoms with Crippen LogP contribution in [0.5, 0.6) is 11.5 Å². The number of amides is 1.